The third kappa shape index (κ3) is 2.55. The van der Waals surface area contributed by atoms with Crippen molar-refractivity contribution in [2.45, 2.75) is 19.4 Å². The third-order valence-corrected chi connectivity index (χ3v) is 3.81. The Bertz CT molecular complexity index is 801. The second kappa shape index (κ2) is 5.76. The van der Waals surface area contributed by atoms with Crippen molar-refractivity contribution in [3.8, 4) is 18.0 Å². The second-order valence-electron chi connectivity index (χ2n) is 5.13. The molecule has 0 aliphatic carbocycles. The highest BCUT2D eigenvalue weighted by atomic mass is 35.5. The van der Waals surface area contributed by atoms with Crippen LogP contribution in [-0.4, -0.2) is 21.4 Å². The molecule has 2 aromatic heterocycles. The van der Waals surface area contributed by atoms with Crippen molar-refractivity contribution >= 4 is 11.6 Å². The van der Waals surface area contributed by atoms with Gasteiger partial charge in [-0.1, -0.05) is 11.6 Å². The van der Waals surface area contributed by atoms with Crippen LogP contribution in [0.15, 0.2) is 18.2 Å². The van der Waals surface area contributed by atoms with E-state index >= 15 is 0 Å². The molecule has 0 aromatic carbocycles. The average Bonchev–Trinajstić information content (AvgIpc) is 3.13. The van der Waals surface area contributed by atoms with E-state index < -0.39 is 0 Å². The Labute approximate surface area is 132 Å². The molecule has 0 radical (unpaired) electrons. The quantitative estimate of drug-likeness (QED) is 0.795. The van der Waals surface area contributed by atoms with Gasteiger partial charge in [0.1, 0.15) is 11.2 Å². The standard InChI is InChI=1S/C15H12ClN5O/c1-9-4-11(7-18)20-21(9)15-12(2-3-14(16)19-15)13-5-10(6-17)8-22-13/h2-4,10,13H,5,8H2,1H3/t10-,13-/m0/s1. The smallest absolute Gasteiger partial charge is 0.163 e. The minimum absolute atomic E-state index is 0.123. The van der Waals surface area contributed by atoms with Gasteiger partial charge >= 0.3 is 0 Å². The number of nitriles is 2. The summed E-state index contributed by atoms with van der Waals surface area (Å²) in [6, 6.07) is 9.44. The first-order valence-electron chi connectivity index (χ1n) is 6.77. The van der Waals surface area contributed by atoms with Crippen molar-refractivity contribution in [1.29, 1.82) is 10.5 Å². The topological polar surface area (TPSA) is 87.5 Å². The highest BCUT2D eigenvalue weighted by molar-refractivity contribution is 6.29. The molecule has 0 N–H and O–H groups in total. The highest BCUT2D eigenvalue weighted by Crippen LogP contribution is 2.35. The maximum atomic E-state index is 9.02. The van der Waals surface area contributed by atoms with Crippen molar-refractivity contribution in [1.82, 2.24) is 14.8 Å². The van der Waals surface area contributed by atoms with Gasteiger partial charge < -0.3 is 4.74 Å². The molecule has 1 fully saturated rings. The Balaban J connectivity index is 2.07. The van der Waals surface area contributed by atoms with Gasteiger partial charge in [-0.25, -0.2) is 9.67 Å². The van der Waals surface area contributed by atoms with Gasteiger partial charge in [0, 0.05) is 11.3 Å². The van der Waals surface area contributed by atoms with E-state index in [9.17, 15) is 0 Å². The van der Waals surface area contributed by atoms with E-state index in [0.717, 1.165) is 11.3 Å². The van der Waals surface area contributed by atoms with Crippen molar-refractivity contribution in [3.05, 3.63) is 40.3 Å². The zero-order chi connectivity index (χ0) is 15.7. The Morgan fingerprint density at radius 1 is 1.41 bits per heavy atom. The van der Waals surface area contributed by atoms with Crippen LogP contribution in [0.25, 0.3) is 5.82 Å². The fraction of sp³-hybridized carbons (Fsp3) is 0.333. The fourth-order valence-corrected chi connectivity index (χ4v) is 2.68. The van der Waals surface area contributed by atoms with Gasteiger partial charge in [-0.3, -0.25) is 0 Å². The van der Waals surface area contributed by atoms with Gasteiger partial charge in [-0.15, -0.1) is 0 Å². The van der Waals surface area contributed by atoms with Crippen molar-refractivity contribution < 1.29 is 4.74 Å². The lowest BCUT2D eigenvalue weighted by Crippen LogP contribution is -2.09. The molecular formula is C15H12ClN5O. The van der Waals surface area contributed by atoms with Gasteiger partial charge in [0.05, 0.1) is 24.7 Å². The average molecular weight is 314 g/mol. The normalized spacial score (nSPS) is 20.5. The first kappa shape index (κ1) is 14.5. The Kier molecular flexibility index (Phi) is 3.81. The van der Waals surface area contributed by atoms with E-state index in [1.165, 1.54) is 0 Å². The zero-order valence-corrected chi connectivity index (χ0v) is 12.6. The van der Waals surface area contributed by atoms with E-state index in [2.05, 4.69) is 16.2 Å². The molecule has 22 heavy (non-hydrogen) atoms. The predicted octanol–water partition coefficient (Wildman–Crippen LogP) is 2.70. The molecule has 0 saturated carbocycles. The number of nitrogens with zero attached hydrogens (tertiary/aromatic N) is 5. The summed E-state index contributed by atoms with van der Waals surface area (Å²) in [5, 5.41) is 22.6. The number of aromatic nitrogens is 3. The zero-order valence-electron chi connectivity index (χ0n) is 11.8. The minimum atomic E-state index is -0.224. The maximum Gasteiger partial charge on any atom is 0.163 e. The lowest BCUT2D eigenvalue weighted by molar-refractivity contribution is 0.109. The molecule has 0 bridgehead atoms. The second-order valence-corrected chi connectivity index (χ2v) is 5.51. The molecule has 3 rings (SSSR count). The number of halogens is 1. The number of ether oxygens (including phenoxy) is 1. The van der Waals surface area contributed by atoms with E-state index in [-0.39, 0.29) is 12.0 Å². The van der Waals surface area contributed by atoms with Gasteiger partial charge in [0.25, 0.3) is 0 Å². The van der Waals surface area contributed by atoms with E-state index in [1.807, 2.05) is 19.1 Å². The van der Waals surface area contributed by atoms with Crippen LogP contribution in [0, 0.1) is 35.5 Å². The third-order valence-electron chi connectivity index (χ3n) is 3.60. The SMILES string of the molecule is Cc1cc(C#N)nn1-c1nc(Cl)ccc1[C@@H]1C[C@@H](C#N)CO1. The number of pyridine rings is 1. The van der Waals surface area contributed by atoms with Gasteiger partial charge in [0.2, 0.25) is 0 Å². The summed E-state index contributed by atoms with van der Waals surface area (Å²) in [5.41, 5.74) is 1.91. The van der Waals surface area contributed by atoms with Crippen molar-refractivity contribution in [2.24, 2.45) is 5.92 Å². The lowest BCUT2D eigenvalue weighted by Gasteiger charge is -2.15. The van der Waals surface area contributed by atoms with Crippen LogP contribution in [0.3, 0.4) is 0 Å². The Hall–Kier alpha value is -2.41. The Morgan fingerprint density at radius 2 is 2.23 bits per heavy atom. The summed E-state index contributed by atoms with van der Waals surface area (Å²) in [7, 11) is 0. The summed E-state index contributed by atoms with van der Waals surface area (Å²) in [6.07, 6.45) is 0.386. The largest absolute Gasteiger partial charge is 0.372 e. The number of rotatable bonds is 2. The van der Waals surface area contributed by atoms with E-state index in [1.54, 1.807) is 16.8 Å². The van der Waals surface area contributed by atoms with Crippen molar-refractivity contribution in [2.75, 3.05) is 6.61 Å². The molecule has 6 nitrogen and oxygen atoms in total. The van der Waals surface area contributed by atoms with Crippen LogP contribution in [0.5, 0.6) is 0 Å². The molecule has 0 spiro atoms. The van der Waals surface area contributed by atoms with Gasteiger partial charge in [-0.05, 0) is 31.5 Å². The molecule has 1 aliphatic heterocycles. The molecule has 0 unspecified atom stereocenters. The van der Waals surface area contributed by atoms with Crippen molar-refractivity contribution in [3.63, 3.8) is 0 Å². The number of hydrogen-bond donors (Lipinski definition) is 0. The molecule has 1 aliphatic rings. The maximum absolute atomic E-state index is 9.02. The fourth-order valence-electron chi connectivity index (χ4n) is 2.53. The van der Waals surface area contributed by atoms with E-state index in [4.69, 9.17) is 26.9 Å². The molecule has 0 amide bonds. The van der Waals surface area contributed by atoms with Crippen LogP contribution in [0.2, 0.25) is 5.15 Å². The lowest BCUT2D eigenvalue weighted by atomic mass is 10.0. The van der Waals surface area contributed by atoms with Gasteiger partial charge in [-0.2, -0.15) is 15.6 Å². The molecule has 2 atom stereocenters. The van der Waals surface area contributed by atoms with Crippen LogP contribution < -0.4 is 0 Å². The summed E-state index contributed by atoms with van der Waals surface area (Å²) < 4.78 is 7.29. The molecule has 1 saturated heterocycles. The summed E-state index contributed by atoms with van der Waals surface area (Å²) >= 11 is 6.01. The molecule has 7 heteroatoms. The first-order valence-corrected chi connectivity index (χ1v) is 7.15. The predicted molar refractivity (Wildman–Crippen MR) is 78.2 cm³/mol. The van der Waals surface area contributed by atoms with Crippen LogP contribution in [0.1, 0.15) is 29.5 Å². The Morgan fingerprint density at radius 3 is 2.86 bits per heavy atom. The van der Waals surface area contributed by atoms with Crippen LogP contribution >= 0.6 is 11.6 Å². The monoisotopic (exact) mass is 313 g/mol. The molecule has 3 heterocycles. The summed E-state index contributed by atoms with van der Waals surface area (Å²) in [4.78, 5) is 4.34. The van der Waals surface area contributed by atoms with E-state index in [0.29, 0.717) is 29.7 Å². The molecule has 110 valence electrons. The van der Waals surface area contributed by atoms with Crippen LogP contribution in [-0.2, 0) is 4.74 Å². The van der Waals surface area contributed by atoms with Crippen LogP contribution in [0.4, 0.5) is 0 Å². The molecular weight excluding hydrogens is 302 g/mol. The highest BCUT2D eigenvalue weighted by Gasteiger charge is 2.29. The summed E-state index contributed by atoms with van der Waals surface area (Å²) in [5.74, 6) is 0.414. The minimum Gasteiger partial charge on any atom is -0.372 e. The number of aryl methyl sites for hydroxylation is 1. The number of hydrogen-bond acceptors (Lipinski definition) is 5. The first-order chi connectivity index (χ1) is 10.6. The van der Waals surface area contributed by atoms with Gasteiger partial charge in [0.15, 0.2) is 11.5 Å². The molecule has 2 aromatic rings. The summed E-state index contributed by atoms with van der Waals surface area (Å²) in [6.45, 7) is 2.25.